The summed E-state index contributed by atoms with van der Waals surface area (Å²) < 4.78 is 0. The highest BCUT2D eigenvalue weighted by Gasteiger charge is 1.84. The van der Waals surface area contributed by atoms with E-state index in [1.54, 1.807) is 0 Å². The van der Waals surface area contributed by atoms with E-state index >= 15 is 0 Å². The minimum absolute atomic E-state index is 0.802. The molecule has 56 valence electrons. The molecular formula is C6H16N2S. The van der Waals surface area contributed by atoms with Gasteiger partial charge in [0.1, 0.15) is 0 Å². The van der Waals surface area contributed by atoms with Gasteiger partial charge in [-0.25, -0.2) is 0 Å². The van der Waals surface area contributed by atoms with Crippen LogP contribution in [0.5, 0.6) is 0 Å². The fourth-order valence-electron chi connectivity index (χ4n) is 0.507. The minimum Gasteiger partial charge on any atom is -0.330 e. The van der Waals surface area contributed by atoms with Gasteiger partial charge in [0.2, 0.25) is 0 Å². The molecule has 0 fully saturated rings. The Morgan fingerprint density at radius 3 is 2.78 bits per heavy atom. The maximum atomic E-state index is 5.30. The molecule has 0 aromatic carbocycles. The first kappa shape index (κ1) is 9.27. The summed E-state index contributed by atoms with van der Waals surface area (Å²) in [5.41, 5.74) is 5.30. The highest BCUT2D eigenvalue weighted by atomic mass is 32.2. The Balaban J connectivity index is 2.60. The van der Waals surface area contributed by atoms with Crippen LogP contribution >= 0.6 is 11.8 Å². The van der Waals surface area contributed by atoms with Crippen LogP contribution in [0.2, 0.25) is 0 Å². The van der Waals surface area contributed by atoms with Crippen LogP contribution in [0.3, 0.4) is 0 Å². The quantitative estimate of drug-likeness (QED) is 0.532. The van der Waals surface area contributed by atoms with Crippen molar-refractivity contribution in [3.8, 4) is 0 Å². The van der Waals surface area contributed by atoms with Gasteiger partial charge in [-0.3, -0.25) is 0 Å². The smallest absolute Gasteiger partial charge is 0.00585 e. The lowest BCUT2D eigenvalue weighted by Gasteiger charge is -1.98. The van der Waals surface area contributed by atoms with E-state index in [2.05, 4.69) is 12.2 Å². The first-order valence-corrected chi connectivity index (χ1v) is 4.55. The van der Waals surface area contributed by atoms with E-state index in [-0.39, 0.29) is 0 Å². The molecule has 0 amide bonds. The average molecular weight is 148 g/mol. The number of nitrogens with two attached hydrogens (primary N) is 1. The van der Waals surface area contributed by atoms with Crippen LogP contribution in [0.1, 0.15) is 6.92 Å². The number of rotatable bonds is 6. The molecule has 0 unspecified atom stereocenters. The van der Waals surface area contributed by atoms with E-state index in [0.717, 1.165) is 25.4 Å². The van der Waals surface area contributed by atoms with Crippen molar-refractivity contribution in [3.63, 3.8) is 0 Å². The number of nitrogens with one attached hydrogen (secondary N) is 1. The summed E-state index contributed by atoms with van der Waals surface area (Å²) in [5.74, 6) is 2.27. The Morgan fingerprint density at radius 2 is 2.22 bits per heavy atom. The normalized spacial score (nSPS) is 10.0. The van der Waals surface area contributed by atoms with Crippen LogP contribution in [-0.2, 0) is 0 Å². The maximum absolute atomic E-state index is 5.30. The van der Waals surface area contributed by atoms with Crippen LogP contribution < -0.4 is 11.1 Å². The third-order valence-corrected chi connectivity index (χ3v) is 1.95. The van der Waals surface area contributed by atoms with Crippen molar-refractivity contribution < 1.29 is 0 Å². The van der Waals surface area contributed by atoms with Gasteiger partial charge in [0, 0.05) is 24.6 Å². The van der Waals surface area contributed by atoms with Crippen molar-refractivity contribution in [2.75, 3.05) is 31.1 Å². The standard InChI is InChI=1S/C6H16N2S/c1-2-8-4-6-9-5-3-7/h8H,2-7H2,1H3. The van der Waals surface area contributed by atoms with Gasteiger partial charge in [0.25, 0.3) is 0 Å². The lowest BCUT2D eigenvalue weighted by atomic mass is 10.7. The fourth-order valence-corrected chi connectivity index (χ4v) is 1.17. The molecule has 0 aliphatic heterocycles. The summed E-state index contributed by atoms with van der Waals surface area (Å²) in [4.78, 5) is 0. The first-order chi connectivity index (χ1) is 4.41. The van der Waals surface area contributed by atoms with Gasteiger partial charge in [-0.1, -0.05) is 6.92 Å². The molecule has 0 spiro atoms. The predicted molar refractivity (Wildman–Crippen MR) is 44.9 cm³/mol. The molecule has 0 radical (unpaired) electrons. The van der Waals surface area contributed by atoms with Crippen LogP contribution in [0.25, 0.3) is 0 Å². The van der Waals surface area contributed by atoms with Crippen molar-refractivity contribution in [1.29, 1.82) is 0 Å². The van der Waals surface area contributed by atoms with Gasteiger partial charge in [0.15, 0.2) is 0 Å². The molecule has 0 aliphatic carbocycles. The fraction of sp³-hybridized carbons (Fsp3) is 1.00. The molecule has 0 aromatic heterocycles. The summed E-state index contributed by atoms with van der Waals surface area (Å²) in [5, 5.41) is 3.25. The second-order valence-electron chi connectivity index (χ2n) is 1.75. The third kappa shape index (κ3) is 8.27. The molecule has 0 rings (SSSR count). The molecule has 2 nitrogen and oxygen atoms in total. The van der Waals surface area contributed by atoms with E-state index in [0.29, 0.717) is 0 Å². The van der Waals surface area contributed by atoms with E-state index in [4.69, 9.17) is 5.73 Å². The van der Waals surface area contributed by atoms with Gasteiger partial charge in [-0.15, -0.1) is 0 Å². The molecule has 0 saturated carbocycles. The van der Waals surface area contributed by atoms with E-state index < -0.39 is 0 Å². The lowest BCUT2D eigenvalue weighted by molar-refractivity contribution is 0.768. The Morgan fingerprint density at radius 1 is 1.44 bits per heavy atom. The molecule has 0 bridgehead atoms. The molecule has 3 N–H and O–H groups in total. The molecule has 0 aromatic rings. The maximum Gasteiger partial charge on any atom is 0.00585 e. The van der Waals surface area contributed by atoms with Crippen molar-refractivity contribution in [3.05, 3.63) is 0 Å². The summed E-state index contributed by atoms with van der Waals surface area (Å²) >= 11 is 1.91. The molecular weight excluding hydrogens is 132 g/mol. The summed E-state index contributed by atoms with van der Waals surface area (Å²) in [6.45, 7) is 5.11. The Hall–Kier alpha value is 0.270. The second-order valence-corrected chi connectivity index (χ2v) is 2.98. The largest absolute Gasteiger partial charge is 0.330 e. The Labute approximate surface area is 61.6 Å². The molecule has 0 atom stereocenters. The second kappa shape index (κ2) is 8.27. The minimum atomic E-state index is 0.802. The van der Waals surface area contributed by atoms with E-state index in [1.807, 2.05) is 11.8 Å². The lowest BCUT2D eigenvalue weighted by Crippen LogP contribution is -2.16. The average Bonchev–Trinajstić information content (AvgIpc) is 1.89. The molecule has 0 aliphatic rings. The highest BCUT2D eigenvalue weighted by molar-refractivity contribution is 7.99. The van der Waals surface area contributed by atoms with Gasteiger partial charge in [0.05, 0.1) is 0 Å². The first-order valence-electron chi connectivity index (χ1n) is 3.40. The SMILES string of the molecule is CCNCCSCCN. The van der Waals surface area contributed by atoms with Crippen molar-refractivity contribution in [1.82, 2.24) is 5.32 Å². The third-order valence-electron chi connectivity index (χ3n) is 0.935. The van der Waals surface area contributed by atoms with Crippen molar-refractivity contribution in [2.45, 2.75) is 6.92 Å². The van der Waals surface area contributed by atoms with Gasteiger partial charge in [-0.2, -0.15) is 11.8 Å². The molecule has 3 heteroatoms. The predicted octanol–water partition coefficient (Wildman–Crippen LogP) is 0.288. The topological polar surface area (TPSA) is 38.0 Å². The van der Waals surface area contributed by atoms with Gasteiger partial charge >= 0.3 is 0 Å². The molecule has 0 heterocycles. The highest BCUT2D eigenvalue weighted by Crippen LogP contribution is 1.94. The number of hydrogen-bond donors (Lipinski definition) is 2. The zero-order chi connectivity index (χ0) is 6.95. The van der Waals surface area contributed by atoms with E-state index in [9.17, 15) is 0 Å². The van der Waals surface area contributed by atoms with E-state index in [1.165, 1.54) is 5.75 Å². The van der Waals surface area contributed by atoms with Crippen molar-refractivity contribution in [2.24, 2.45) is 5.73 Å². The summed E-state index contributed by atoms with van der Waals surface area (Å²) in [6, 6.07) is 0. The molecule has 9 heavy (non-hydrogen) atoms. The zero-order valence-electron chi connectivity index (χ0n) is 6.02. The van der Waals surface area contributed by atoms with Gasteiger partial charge < -0.3 is 11.1 Å². The van der Waals surface area contributed by atoms with Crippen LogP contribution in [0.4, 0.5) is 0 Å². The Bertz CT molecular complexity index is 44.3. The number of hydrogen-bond acceptors (Lipinski definition) is 3. The molecule has 0 saturated heterocycles. The van der Waals surface area contributed by atoms with Crippen LogP contribution in [0.15, 0.2) is 0 Å². The summed E-state index contributed by atoms with van der Waals surface area (Å²) in [6.07, 6.45) is 0. The monoisotopic (exact) mass is 148 g/mol. The Kier molecular flexibility index (Phi) is 8.52. The van der Waals surface area contributed by atoms with Crippen LogP contribution in [-0.4, -0.2) is 31.1 Å². The van der Waals surface area contributed by atoms with Gasteiger partial charge in [-0.05, 0) is 6.54 Å². The zero-order valence-corrected chi connectivity index (χ0v) is 6.84. The summed E-state index contributed by atoms with van der Waals surface area (Å²) in [7, 11) is 0. The number of thioether (sulfide) groups is 1. The van der Waals surface area contributed by atoms with Crippen LogP contribution in [0, 0.1) is 0 Å². The van der Waals surface area contributed by atoms with Crippen molar-refractivity contribution >= 4 is 11.8 Å².